The Balaban J connectivity index is 1.34. The molecular formula is C26H33ClN2O2. The van der Waals surface area contributed by atoms with E-state index in [1.807, 2.05) is 30.9 Å². The second kappa shape index (κ2) is 9.72. The van der Waals surface area contributed by atoms with Crippen LogP contribution in [0.4, 0.5) is 0 Å². The van der Waals surface area contributed by atoms with E-state index in [0.717, 1.165) is 43.8 Å². The second-order valence-corrected chi connectivity index (χ2v) is 9.86. The van der Waals surface area contributed by atoms with Gasteiger partial charge in [0.15, 0.2) is 0 Å². The van der Waals surface area contributed by atoms with E-state index in [1.165, 1.54) is 16.7 Å². The SMILES string of the molecule is CC(C)[C@@H](N[C@@H](O)C1Cc2ccccc2C1)C(=O)N1CCC(c2ccc(Cl)cc2)CC1. The van der Waals surface area contributed by atoms with Crippen molar-refractivity contribution < 1.29 is 9.90 Å². The highest BCUT2D eigenvalue weighted by atomic mass is 35.5. The number of carbonyl (C=O) groups excluding carboxylic acids is 1. The number of carbonyl (C=O) groups is 1. The van der Waals surface area contributed by atoms with Crippen LogP contribution < -0.4 is 5.32 Å². The predicted octanol–water partition coefficient (Wildman–Crippen LogP) is 4.39. The fourth-order valence-corrected chi connectivity index (χ4v) is 5.18. The summed E-state index contributed by atoms with van der Waals surface area (Å²) in [6.45, 7) is 5.60. The quantitative estimate of drug-likeness (QED) is 0.655. The molecule has 2 atom stereocenters. The molecule has 4 rings (SSSR count). The highest BCUT2D eigenvalue weighted by Crippen LogP contribution is 2.31. The summed E-state index contributed by atoms with van der Waals surface area (Å²) in [4.78, 5) is 15.3. The summed E-state index contributed by atoms with van der Waals surface area (Å²) >= 11 is 6.01. The van der Waals surface area contributed by atoms with Gasteiger partial charge in [-0.15, -0.1) is 0 Å². The third-order valence-corrected chi connectivity index (χ3v) is 7.21. The summed E-state index contributed by atoms with van der Waals surface area (Å²) in [5.74, 6) is 0.801. The highest BCUT2D eigenvalue weighted by molar-refractivity contribution is 6.30. The molecule has 2 aromatic rings. The Bertz CT molecular complexity index is 866. The molecule has 31 heavy (non-hydrogen) atoms. The molecule has 166 valence electrons. The largest absolute Gasteiger partial charge is 0.378 e. The average molecular weight is 441 g/mol. The van der Waals surface area contributed by atoms with E-state index in [2.05, 4.69) is 41.7 Å². The molecule has 0 aromatic heterocycles. The lowest BCUT2D eigenvalue weighted by atomic mass is 9.89. The van der Waals surface area contributed by atoms with Crippen LogP contribution in [0.25, 0.3) is 0 Å². The zero-order valence-corrected chi connectivity index (χ0v) is 19.2. The number of rotatable bonds is 6. The zero-order chi connectivity index (χ0) is 22.0. The molecule has 4 nitrogen and oxygen atoms in total. The first kappa shape index (κ1) is 22.3. The fourth-order valence-electron chi connectivity index (χ4n) is 5.05. The Morgan fingerprint density at radius 1 is 1.03 bits per heavy atom. The van der Waals surface area contributed by atoms with Gasteiger partial charge in [0, 0.05) is 24.0 Å². The van der Waals surface area contributed by atoms with Crippen LogP contribution in [0.3, 0.4) is 0 Å². The van der Waals surface area contributed by atoms with E-state index in [0.29, 0.717) is 5.92 Å². The molecule has 2 N–H and O–H groups in total. The fraction of sp³-hybridized carbons (Fsp3) is 0.500. The van der Waals surface area contributed by atoms with Gasteiger partial charge in [0.25, 0.3) is 0 Å². The Labute approximate surface area is 190 Å². The van der Waals surface area contributed by atoms with Crippen molar-refractivity contribution in [2.75, 3.05) is 13.1 Å². The minimum atomic E-state index is -0.685. The summed E-state index contributed by atoms with van der Waals surface area (Å²) < 4.78 is 0. The van der Waals surface area contributed by atoms with Crippen molar-refractivity contribution in [3.63, 3.8) is 0 Å². The smallest absolute Gasteiger partial charge is 0.240 e. The molecule has 1 aliphatic heterocycles. The monoisotopic (exact) mass is 440 g/mol. The number of fused-ring (bicyclic) bond motifs is 1. The molecule has 0 spiro atoms. The van der Waals surface area contributed by atoms with E-state index in [-0.39, 0.29) is 23.8 Å². The first-order valence-electron chi connectivity index (χ1n) is 11.5. The minimum Gasteiger partial charge on any atom is -0.378 e. The number of nitrogens with zero attached hydrogens (tertiary/aromatic N) is 1. The molecule has 1 saturated heterocycles. The standard InChI is InChI=1S/C26H33ClN2O2/c1-17(2)24(28-25(30)22-15-20-5-3-4-6-21(20)16-22)26(31)29-13-11-19(12-14-29)18-7-9-23(27)10-8-18/h3-10,17,19,22,24-25,28,30H,11-16H2,1-2H3/t24-,25+/m1/s1. The number of aliphatic hydroxyl groups excluding tert-OH is 1. The molecule has 0 radical (unpaired) electrons. The third kappa shape index (κ3) is 5.14. The molecule has 2 aromatic carbocycles. The van der Waals surface area contributed by atoms with Crippen LogP contribution >= 0.6 is 11.6 Å². The van der Waals surface area contributed by atoms with E-state index in [9.17, 15) is 9.90 Å². The minimum absolute atomic E-state index is 0.110. The number of benzene rings is 2. The van der Waals surface area contributed by atoms with E-state index in [4.69, 9.17) is 11.6 Å². The van der Waals surface area contributed by atoms with Crippen molar-refractivity contribution in [2.45, 2.75) is 57.7 Å². The molecule has 2 aliphatic rings. The molecule has 5 heteroatoms. The molecule has 0 bridgehead atoms. The summed E-state index contributed by atoms with van der Waals surface area (Å²) in [7, 11) is 0. The van der Waals surface area contributed by atoms with Gasteiger partial charge < -0.3 is 10.0 Å². The molecule has 1 fully saturated rings. The van der Waals surface area contributed by atoms with Gasteiger partial charge in [-0.3, -0.25) is 10.1 Å². The molecule has 1 aliphatic carbocycles. The Hall–Kier alpha value is -1.88. The number of nitrogens with one attached hydrogen (secondary N) is 1. The lowest BCUT2D eigenvalue weighted by molar-refractivity contribution is -0.137. The normalized spacial score (nSPS) is 19.5. The molecule has 0 unspecified atom stereocenters. The van der Waals surface area contributed by atoms with E-state index in [1.54, 1.807) is 0 Å². The third-order valence-electron chi connectivity index (χ3n) is 6.96. The van der Waals surface area contributed by atoms with Crippen LogP contribution in [0.5, 0.6) is 0 Å². The van der Waals surface area contributed by atoms with Crippen molar-refractivity contribution in [1.29, 1.82) is 0 Å². The summed E-state index contributed by atoms with van der Waals surface area (Å²) in [5, 5.41) is 15.0. The zero-order valence-electron chi connectivity index (χ0n) is 18.4. The maximum Gasteiger partial charge on any atom is 0.240 e. The second-order valence-electron chi connectivity index (χ2n) is 9.42. The van der Waals surface area contributed by atoms with Gasteiger partial charge >= 0.3 is 0 Å². The Kier molecular flexibility index (Phi) is 7.00. The summed E-state index contributed by atoms with van der Waals surface area (Å²) in [5.41, 5.74) is 3.92. The van der Waals surface area contributed by atoms with Crippen molar-refractivity contribution in [1.82, 2.24) is 10.2 Å². The van der Waals surface area contributed by atoms with Gasteiger partial charge in [-0.25, -0.2) is 0 Å². The summed E-state index contributed by atoms with van der Waals surface area (Å²) in [6.07, 6.45) is 2.94. The number of aliphatic hydroxyl groups is 1. The van der Waals surface area contributed by atoms with Gasteiger partial charge in [0.05, 0.1) is 6.04 Å². The molecular weight excluding hydrogens is 408 g/mol. The lowest BCUT2D eigenvalue weighted by Gasteiger charge is -2.37. The van der Waals surface area contributed by atoms with Gasteiger partial charge in [-0.2, -0.15) is 0 Å². The summed E-state index contributed by atoms with van der Waals surface area (Å²) in [6, 6.07) is 16.1. The van der Waals surface area contributed by atoms with Crippen LogP contribution in [-0.4, -0.2) is 41.3 Å². The number of amides is 1. The average Bonchev–Trinajstić information content (AvgIpc) is 3.22. The van der Waals surface area contributed by atoms with Crippen molar-refractivity contribution in [2.24, 2.45) is 11.8 Å². The van der Waals surface area contributed by atoms with Crippen molar-refractivity contribution in [3.05, 3.63) is 70.2 Å². The topological polar surface area (TPSA) is 52.6 Å². The first-order valence-corrected chi connectivity index (χ1v) is 11.9. The number of likely N-dealkylation sites (tertiary alicyclic amines) is 1. The molecule has 1 heterocycles. The van der Waals surface area contributed by atoms with Crippen LogP contribution in [0, 0.1) is 11.8 Å². The van der Waals surface area contributed by atoms with Crippen molar-refractivity contribution in [3.8, 4) is 0 Å². The van der Waals surface area contributed by atoms with Gasteiger partial charge in [-0.05, 0) is 66.3 Å². The molecule has 0 saturated carbocycles. The van der Waals surface area contributed by atoms with E-state index < -0.39 is 6.23 Å². The van der Waals surface area contributed by atoms with Gasteiger partial charge in [0.1, 0.15) is 6.23 Å². The van der Waals surface area contributed by atoms with Crippen LogP contribution in [0.2, 0.25) is 5.02 Å². The maximum atomic E-state index is 13.3. The van der Waals surface area contributed by atoms with Crippen LogP contribution in [0.1, 0.15) is 49.3 Å². The predicted molar refractivity (Wildman–Crippen MR) is 125 cm³/mol. The number of hydrogen-bond donors (Lipinski definition) is 2. The van der Waals surface area contributed by atoms with Gasteiger partial charge in [0.2, 0.25) is 5.91 Å². The van der Waals surface area contributed by atoms with Crippen molar-refractivity contribution >= 4 is 17.5 Å². The van der Waals surface area contributed by atoms with E-state index >= 15 is 0 Å². The lowest BCUT2D eigenvalue weighted by Crippen LogP contribution is -2.55. The Morgan fingerprint density at radius 3 is 2.16 bits per heavy atom. The number of halogens is 1. The Morgan fingerprint density at radius 2 is 1.61 bits per heavy atom. The molecule has 1 amide bonds. The highest BCUT2D eigenvalue weighted by Gasteiger charge is 2.34. The van der Waals surface area contributed by atoms with Crippen LogP contribution in [-0.2, 0) is 17.6 Å². The first-order chi connectivity index (χ1) is 14.9. The maximum absolute atomic E-state index is 13.3. The van der Waals surface area contributed by atoms with Gasteiger partial charge in [-0.1, -0.05) is 61.8 Å². The number of hydrogen-bond acceptors (Lipinski definition) is 3. The number of piperidine rings is 1. The van der Waals surface area contributed by atoms with Crippen LogP contribution in [0.15, 0.2) is 48.5 Å².